The van der Waals surface area contributed by atoms with E-state index in [0.29, 0.717) is 11.0 Å². The van der Waals surface area contributed by atoms with Gasteiger partial charge in [0, 0.05) is 10.5 Å². The number of H-pyrrole nitrogens is 1. The van der Waals surface area contributed by atoms with Crippen LogP contribution in [0.5, 0.6) is 0 Å². The number of carbonyl (C=O) groups is 1. The lowest BCUT2D eigenvalue weighted by molar-refractivity contribution is -0.115. The molecular formula is C16H15BrN4O2S. The fourth-order valence-corrected chi connectivity index (χ4v) is 3.05. The molecule has 3 rings (SSSR count). The van der Waals surface area contributed by atoms with Gasteiger partial charge < -0.3 is 9.51 Å². The van der Waals surface area contributed by atoms with Crippen LogP contribution >= 0.6 is 27.7 Å². The van der Waals surface area contributed by atoms with Gasteiger partial charge in [0.15, 0.2) is 5.16 Å². The Morgan fingerprint density at radius 2 is 2.12 bits per heavy atom. The molecule has 0 aliphatic carbocycles. The smallest absolute Gasteiger partial charge is 0.240 e. The molecule has 0 spiro atoms. The number of thioether (sulfide) groups is 1. The van der Waals surface area contributed by atoms with Crippen molar-refractivity contribution in [3.63, 3.8) is 0 Å². The summed E-state index contributed by atoms with van der Waals surface area (Å²) in [4.78, 5) is 19.7. The lowest BCUT2D eigenvalue weighted by Gasteiger charge is -2.08. The van der Waals surface area contributed by atoms with Crippen LogP contribution in [0, 0.1) is 6.92 Å². The summed E-state index contributed by atoms with van der Waals surface area (Å²) < 4.78 is 6.01. The van der Waals surface area contributed by atoms with E-state index in [-0.39, 0.29) is 11.2 Å². The number of nitrogens with one attached hydrogen (secondary N) is 2. The van der Waals surface area contributed by atoms with Crippen LogP contribution in [0.25, 0.3) is 11.3 Å². The number of halogens is 1. The quantitative estimate of drug-likeness (QED) is 0.618. The summed E-state index contributed by atoms with van der Waals surface area (Å²) in [5.41, 5.74) is 2.66. The fourth-order valence-electron chi connectivity index (χ4n) is 2.01. The number of anilines is 1. The fraction of sp³-hybridized carbons (Fsp3) is 0.188. The largest absolute Gasteiger partial charge is 0.338 e. The minimum atomic E-state index is -0.334. The number of carbonyl (C=O) groups excluding carboxylic acids is 1. The molecule has 3 aromatic rings. The monoisotopic (exact) mass is 406 g/mol. The van der Waals surface area contributed by atoms with Gasteiger partial charge in [-0.15, -0.1) is 0 Å². The number of aromatic nitrogens is 3. The molecule has 0 unspecified atom stereocenters. The number of amides is 1. The highest BCUT2D eigenvalue weighted by Crippen LogP contribution is 2.26. The minimum absolute atomic E-state index is 0.169. The summed E-state index contributed by atoms with van der Waals surface area (Å²) in [7, 11) is 0. The Hall–Kier alpha value is -2.06. The average Bonchev–Trinajstić information content (AvgIpc) is 3.17. The number of aryl methyl sites for hydroxylation is 1. The van der Waals surface area contributed by atoms with E-state index in [9.17, 15) is 4.79 Å². The molecule has 1 aromatic carbocycles. The van der Waals surface area contributed by atoms with Gasteiger partial charge in [-0.25, -0.2) is 4.98 Å². The SMILES string of the molecule is Cc1cc(NC(=O)[C@@H](C)Sc2ncc(-c3ccc(Br)cc3)[nH]2)on1. The number of imidazole rings is 1. The first-order valence-corrected chi connectivity index (χ1v) is 8.90. The summed E-state index contributed by atoms with van der Waals surface area (Å²) in [6, 6.07) is 9.60. The number of hydrogen-bond donors (Lipinski definition) is 2. The molecule has 1 atom stereocenters. The first kappa shape index (κ1) is 16.8. The van der Waals surface area contributed by atoms with Crippen LogP contribution < -0.4 is 5.32 Å². The van der Waals surface area contributed by atoms with E-state index in [1.165, 1.54) is 11.8 Å². The normalized spacial score (nSPS) is 12.1. The molecule has 8 heteroatoms. The van der Waals surface area contributed by atoms with Crippen molar-refractivity contribution in [3.05, 3.63) is 46.7 Å². The molecule has 2 aromatic heterocycles. The van der Waals surface area contributed by atoms with Crippen molar-refractivity contribution in [2.75, 3.05) is 5.32 Å². The van der Waals surface area contributed by atoms with Crippen molar-refractivity contribution < 1.29 is 9.32 Å². The first-order valence-electron chi connectivity index (χ1n) is 7.23. The van der Waals surface area contributed by atoms with Crippen molar-refractivity contribution in [1.82, 2.24) is 15.1 Å². The number of rotatable bonds is 5. The summed E-state index contributed by atoms with van der Waals surface area (Å²) in [6.45, 7) is 3.61. The molecule has 0 radical (unpaired) electrons. The van der Waals surface area contributed by atoms with Gasteiger partial charge in [0.05, 0.1) is 22.8 Å². The summed E-state index contributed by atoms with van der Waals surface area (Å²) in [5, 5.41) is 6.78. The molecule has 124 valence electrons. The zero-order valence-electron chi connectivity index (χ0n) is 13.0. The van der Waals surface area contributed by atoms with Gasteiger partial charge in [0.25, 0.3) is 0 Å². The summed E-state index contributed by atoms with van der Waals surface area (Å²) >= 11 is 4.76. The number of aromatic amines is 1. The lowest BCUT2D eigenvalue weighted by atomic mass is 10.2. The minimum Gasteiger partial charge on any atom is -0.338 e. The van der Waals surface area contributed by atoms with Gasteiger partial charge >= 0.3 is 0 Å². The second-order valence-electron chi connectivity index (χ2n) is 5.19. The molecule has 1 amide bonds. The van der Waals surface area contributed by atoms with Gasteiger partial charge in [0.1, 0.15) is 0 Å². The zero-order chi connectivity index (χ0) is 17.1. The molecule has 0 saturated carbocycles. The van der Waals surface area contributed by atoms with E-state index < -0.39 is 0 Å². The van der Waals surface area contributed by atoms with Crippen LogP contribution in [-0.2, 0) is 4.79 Å². The molecule has 2 N–H and O–H groups in total. The van der Waals surface area contributed by atoms with Crippen LogP contribution in [0.2, 0.25) is 0 Å². The second kappa shape index (κ2) is 7.23. The number of hydrogen-bond acceptors (Lipinski definition) is 5. The van der Waals surface area contributed by atoms with Crippen LogP contribution in [0.1, 0.15) is 12.6 Å². The van der Waals surface area contributed by atoms with Crippen LogP contribution in [0.15, 0.2) is 50.7 Å². The molecule has 6 nitrogen and oxygen atoms in total. The predicted octanol–water partition coefficient (Wildman–Crippen LogP) is 4.25. The molecule has 0 aliphatic heterocycles. The van der Waals surface area contributed by atoms with Crippen molar-refractivity contribution in [1.29, 1.82) is 0 Å². The van der Waals surface area contributed by atoms with Gasteiger partial charge in [-0.2, -0.15) is 0 Å². The first-order chi connectivity index (χ1) is 11.5. The van der Waals surface area contributed by atoms with Crippen LogP contribution in [0.4, 0.5) is 5.88 Å². The van der Waals surface area contributed by atoms with Crippen LogP contribution in [-0.4, -0.2) is 26.3 Å². The molecule has 2 heterocycles. The zero-order valence-corrected chi connectivity index (χ0v) is 15.4. The van der Waals surface area contributed by atoms with E-state index in [0.717, 1.165) is 21.4 Å². The highest BCUT2D eigenvalue weighted by Gasteiger charge is 2.18. The average molecular weight is 407 g/mol. The van der Waals surface area contributed by atoms with Gasteiger partial charge in [-0.05, 0) is 31.5 Å². The van der Waals surface area contributed by atoms with Crippen LogP contribution in [0.3, 0.4) is 0 Å². The molecule has 24 heavy (non-hydrogen) atoms. The Bertz CT molecular complexity index is 844. The maximum absolute atomic E-state index is 12.2. The third-order valence-electron chi connectivity index (χ3n) is 3.24. The molecule has 0 saturated heterocycles. The third kappa shape index (κ3) is 4.07. The topological polar surface area (TPSA) is 83.8 Å². The Balaban J connectivity index is 1.63. The van der Waals surface area contributed by atoms with Crippen molar-refractivity contribution in [2.24, 2.45) is 0 Å². The molecule has 0 fully saturated rings. The van der Waals surface area contributed by atoms with E-state index in [1.807, 2.05) is 31.2 Å². The lowest BCUT2D eigenvalue weighted by Crippen LogP contribution is -2.22. The summed E-state index contributed by atoms with van der Waals surface area (Å²) in [5.74, 6) is 0.178. The summed E-state index contributed by atoms with van der Waals surface area (Å²) in [6.07, 6.45) is 1.76. The number of benzene rings is 1. The molecule has 0 aliphatic rings. The van der Waals surface area contributed by atoms with E-state index in [1.54, 1.807) is 19.2 Å². The van der Waals surface area contributed by atoms with E-state index >= 15 is 0 Å². The van der Waals surface area contributed by atoms with Crippen molar-refractivity contribution in [3.8, 4) is 11.3 Å². The highest BCUT2D eigenvalue weighted by atomic mass is 79.9. The Labute approximate surface area is 151 Å². The standard InChI is InChI=1S/C16H15BrN4O2S/c1-9-7-14(23-21-9)20-15(22)10(2)24-16-18-8-13(19-16)11-3-5-12(17)6-4-11/h3-8,10H,1-2H3,(H,18,19)(H,20,22)/t10-/m1/s1. The Kier molecular flexibility index (Phi) is 5.06. The van der Waals surface area contributed by atoms with Crippen molar-refractivity contribution >= 4 is 39.5 Å². The predicted molar refractivity (Wildman–Crippen MR) is 96.9 cm³/mol. The maximum atomic E-state index is 12.2. The highest BCUT2D eigenvalue weighted by molar-refractivity contribution is 9.10. The Morgan fingerprint density at radius 1 is 1.38 bits per heavy atom. The van der Waals surface area contributed by atoms with Gasteiger partial charge in [-0.3, -0.25) is 10.1 Å². The van der Waals surface area contributed by atoms with E-state index in [2.05, 4.69) is 36.4 Å². The van der Waals surface area contributed by atoms with Crippen molar-refractivity contribution in [2.45, 2.75) is 24.3 Å². The molecular weight excluding hydrogens is 392 g/mol. The molecule has 0 bridgehead atoms. The third-order valence-corrected chi connectivity index (χ3v) is 4.77. The number of nitrogens with zero attached hydrogens (tertiary/aromatic N) is 2. The Morgan fingerprint density at radius 3 is 2.79 bits per heavy atom. The van der Waals surface area contributed by atoms with E-state index in [4.69, 9.17) is 4.52 Å². The van der Waals surface area contributed by atoms with Gasteiger partial charge in [-0.1, -0.05) is 45.0 Å². The van der Waals surface area contributed by atoms with Gasteiger partial charge in [0.2, 0.25) is 11.8 Å². The second-order valence-corrected chi connectivity index (χ2v) is 7.44. The maximum Gasteiger partial charge on any atom is 0.240 e.